The SMILES string of the molecule is Nc1ccc(-c2nccn2Cc2ccc(Cl)c(F)c2)cc1. The van der Waals surface area contributed by atoms with Crippen LogP contribution in [0.1, 0.15) is 5.56 Å². The maximum Gasteiger partial charge on any atom is 0.142 e. The Balaban J connectivity index is 1.92. The van der Waals surface area contributed by atoms with Gasteiger partial charge in [-0.3, -0.25) is 0 Å². The average Bonchev–Trinajstić information content (AvgIpc) is 2.92. The minimum atomic E-state index is -0.414. The van der Waals surface area contributed by atoms with Crippen LogP contribution >= 0.6 is 11.6 Å². The van der Waals surface area contributed by atoms with Crippen molar-refractivity contribution in [2.75, 3.05) is 5.73 Å². The lowest BCUT2D eigenvalue weighted by Gasteiger charge is -2.09. The molecule has 3 rings (SSSR count). The predicted molar refractivity (Wildman–Crippen MR) is 82.6 cm³/mol. The van der Waals surface area contributed by atoms with Crippen molar-refractivity contribution in [1.29, 1.82) is 0 Å². The van der Waals surface area contributed by atoms with E-state index in [2.05, 4.69) is 4.98 Å². The molecule has 1 heterocycles. The normalized spacial score (nSPS) is 10.8. The quantitative estimate of drug-likeness (QED) is 0.744. The van der Waals surface area contributed by atoms with E-state index < -0.39 is 5.82 Å². The van der Waals surface area contributed by atoms with E-state index in [0.717, 1.165) is 17.0 Å². The van der Waals surface area contributed by atoms with Crippen molar-refractivity contribution in [3.63, 3.8) is 0 Å². The fraction of sp³-hybridized carbons (Fsp3) is 0.0625. The van der Waals surface area contributed by atoms with Crippen molar-refractivity contribution < 1.29 is 4.39 Å². The maximum atomic E-state index is 13.5. The number of hydrogen-bond acceptors (Lipinski definition) is 2. The van der Waals surface area contributed by atoms with Gasteiger partial charge in [0.05, 0.1) is 5.02 Å². The Bertz CT molecular complexity index is 765. The second-order valence-corrected chi connectivity index (χ2v) is 5.16. The summed E-state index contributed by atoms with van der Waals surface area (Å²) in [6, 6.07) is 12.3. The number of nitrogens with zero attached hydrogens (tertiary/aromatic N) is 2. The monoisotopic (exact) mass is 301 g/mol. The van der Waals surface area contributed by atoms with E-state index in [9.17, 15) is 4.39 Å². The van der Waals surface area contributed by atoms with Gasteiger partial charge in [0.25, 0.3) is 0 Å². The van der Waals surface area contributed by atoms with Gasteiger partial charge < -0.3 is 10.3 Å². The molecule has 0 saturated heterocycles. The molecule has 0 unspecified atom stereocenters. The van der Waals surface area contributed by atoms with Crippen molar-refractivity contribution in [2.45, 2.75) is 6.54 Å². The summed E-state index contributed by atoms with van der Waals surface area (Å²) in [5.74, 6) is 0.397. The molecule has 1 aromatic heterocycles. The van der Waals surface area contributed by atoms with Crippen LogP contribution in [-0.4, -0.2) is 9.55 Å². The second-order valence-electron chi connectivity index (χ2n) is 4.75. The average molecular weight is 302 g/mol. The summed E-state index contributed by atoms with van der Waals surface area (Å²) < 4.78 is 15.5. The van der Waals surface area contributed by atoms with Crippen LogP contribution in [0.25, 0.3) is 11.4 Å². The zero-order valence-electron chi connectivity index (χ0n) is 11.1. The van der Waals surface area contributed by atoms with Crippen LogP contribution < -0.4 is 5.73 Å². The Morgan fingerprint density at radius 3 is 2.62 bits per heavy atom. The molecule has 0 saturated carbocycles. The first-order chi connectivity index (χ1) is 10.1. The summed E-state index contributed by atoms with van der Waals surface area (Å²) >= 11 is 5.70. The van der Waals surface area contributed by atoms with Crippen LogP contribution in [0.3, 0.4) is 0 Å². The van der Waals surface area contributed by atoms with Crippen LogP contribution in [0.5, 0.6) is 0 Å². The van der Waals surface area contributed by atoms with Gasteiger partial charge in [0, 0.05) is 30.2 Å². The number of halogens is 2. The first kappa shape index (κ1) is 13.6. The van der Waals surface area contributed by atoms with Gasteiger partial charge in [-0.15, -0.1) is 0 Å². The molecular formula is C16H13ClFN3. The van der Waals surface area contributed by atoms with Crippen LogP contribution in [0, 0.1) is 5.82 Å². The van der Waals surface area contributed by atoms with E-state index in [1.165, 1.54) is 6.07 Å². The molecule has 0 fully saturated rings. The highest BCUT2D eigenvalue weighted by Gasteiger charge is 2.08. The Morgan fingerprint density at radius 2 is 1.90 bits per heavy atom. The van der Waals surface area contributed by atoms with Gasteiger partial charge in [0.15, 0.2) is 0 Å². The minimum absolute atomic E-state index is 0.128. The molecule has 106 valence electrons. The second kappa shape index (κ2) is 5.58. The lowest BCUT2D eigenvalue weighted by Crippen LogP contribution is -2.01. The van der Waals surface area contributed by atoms with E-state index in [1.54, 1.807) is 18.3 Å². The number of nitrogens with two attached hydrogens (primary N) is 1. The zero-order valence-corrected chi connectivity index (χ0v) is 11.9. The summed E-state index contributed by atoms with van der Waals surface area (Å²) in [5.41, 5.74) is 8.18. The third-order valence-electron chi connectivity index (χ3n) is 3.22. The Morgan fingerprint density at radius 1 is 1.14 bits per heavy atom. The molecular weight excluding hydrogens is 289 g/mol. The number of rotatable bonds is 3. The highest BCUT2D eigenvalue weighted by atomic mass is 35.5. The largest absolute Gasteiger partial charge is 0.399 e. The van der Waals surface area contributed by atoms with Crippen LogP contribution in [0.4, 0.5) is 10.1 Å². The summed E-state index contributed by atoms with van der Waals surface area (Å²) in [7, 11) is 0. The zero-order chi connectivity index (χ0) is 14.8. The number of imidazole rings is 1. The first-order valence-electron chi connectivity index (χ1n) is 6.44. The molecule has 0 aliphatic rings. The van der Waals surface area contributed by atoms with Gasteiger partial charge in [0.2, 0.25) is 0 Å². The molecule has 3 nitrogen and oxygen atoms in total. The topological polar surface area (TPSA) is 43.8 Å². The summed E-state index contributed by atoms with van der Waals surface area (Å²) in [4.78, 5) is 4.35. The van der Waals surface area contributed by atoms with E-state index in [0.29, 0.717) is 12.2 Å². The summed E-state index contributed by atoms with van der Waals surface area (Å²) in [5, 5.41) is 0.128. The van der Waals surface area contributed by atoms with Crippen molar-refractivity contribution >= 4 is 17.3 Å². The standard InChI is InChI=1S/C16H13ClFN3/c17-14-6-1-11(9-15(14)18)10-21-8-7-20-16(21)12-2-4-13(19)5-3-12/h1-9H,10,19H2. The molecule has 0 bridgehead atoms. The molecule has 0 amide bonds. The molecule has 0 aliphatic heterocycles. The van der Waals surface area contributed by atoms with E-state index in [-0.39, 0.29) is 5.02 Å². The third-order valence-corrected chi connectivity index (χ3v) is 3.53. The Labute approximate surface area is 126 Å². The molecule has 0 aliphatic carbocycles. The van der Waals surface area contributed by atoms with E-state index in [1.807, 2.05) is 35.0 Å². The van der Waals surface area contributed by atoms with Gasteiger partial charge in [0.1, 0.15) is 11.6 Å². The molecule has 2 aromatic carbocycles. The molecule has 3 aromatic rings. The number of aromatic nitrogens is 2. The smallest absolute Gasteiger partial charge is 0.142 e. The Kier molecular flexibility index (Phi) is 3.62. The minimum Gasteiger partial charge on any atom is -0.399 e. The molecule has 2 N–H and O–H groups in total. The van der Waals surface area contributed by atoms with Crippen LogP contribution in [-0.2, 0) is 6.54 Å². The van der Waals surface area contributed by atoms with Crippen molar-refractivity contribution in [2.24, 2.45) is 0 Å². The lowest BCUT2D eigenvalue weighted by atomic mass is 10.2. The van der Waals surface area contributed by atoms with Gasteiger partial charge in [-0.1, -0.05) is 17.7 Å². The number of benzene rings is 2. The first-order valence-corrected chi connectivity index (χ1v) is 6.82. The molecule has 0 radical (unpaired) electrons. The number of nitrogen functional groups attached to an aromatic ring is 1. The fourth-order valence-electron chi connectivity index (χ4n) is 2.16. The maximum absolute atomic E-state index is 13.5. The third kappa shape index (κ3) is 2.90. The van der Waals surface area contributed by atoms with Gasteiger partial charge >= 0.3 is 0 Å². The number of hydrogen-bond donors (Lipinski definition) is 1. The molecule has 0 atom stereocenters. The Hall–Kier alpha value is -2.33. The van der Waals surface area contributed by atoms with Gasteiger partial charge in [-0.2, -0.15) is 0 Å². The highest BCUT2D eigenvalue weighted by molar-refractivity contribution is 6.30. The van der Waals surface area contributed by atoms with Crippen LogP contribution in [0.15, 0.2) is 54.9 Å². The predicted octanol–water partition coefficient (Wildman–Crippen LogP) is 3.97. The molecule has 0 spiro atoms. The van der Waals surface area contributed by atoms with Crippen LogP contribution in [0.2, 0.25) is 5.02 Å². The van der Waals surface area contributed by atoms with Gasteiger partial charge in [-0.25, -0.2) is 9.37 Å². The summed E-state index contributed by atoms with van der Waals surface area (Å²) in [6.45, 7) is 0.522. The molecule has 21 heavy (non-hydrogen) atoms. The van der Waals surface area contributed by atoms with Crippen molar-refractivity contribution in [3.05, 3.63) is 71.3 Å². The fourth-order valence-corrected chi connectivity index (χ4v) is 2.28. The lowest BCUT2D eigenvalue weighted by molar-refractivity contribution is 0.624. The van der Waals surface area contributed by atoms with E-state index in [4.69, 9.17) is 17.3 Å². The number of anilines is 1. The van der Waals surface area contributed by atoms with E-state index >= 15 is 0 Å². The molecule has 5 heteroatoms. The van der Waals surface area contributed by atoms with Crippen molar-refractivity contribution in [1.82, 2.24) is 9.55 Å². The highest BCUT2D eigenvalue weighted by Crippen LogP contribution is 2.21. The summed E-state index contributed by atoms with van der Waals surface area (Å²) in [6.07, 6.45) is 3.58. The van der Waals surface area contributed by atoms with Gasteiger partial charge in [-0.05, 0) is 42.0 Å². The van der Waals surface area contributed by atoms with Crippen molar-refractivity contribution in [3.8, 4) is 11.4 Å².